The van der Waals surface area contributed by atoms with E-state index in [0.29, 0.717) is 16.1 Å². The summed E-state index contributed by atoms with van der Waals surface area (Å²) in [5.41, 5.74) is 2.26. The molecule has 1 aliphatic rings. The van der Waals surface area contributed by atoms with Gasteiger partial charge in [-0.2, -0.15) is 5.26 Å². The van der Waals surface area contributed by atoms with Crippen LogP contribution in [0.5, 0.6) is 5.75 Å². The minimum absolute atomic E-state index is 0.104. The molecule has 3 rings (SSSR count). The second-order valence-corrected chi connectivity index (χ2v) is 6.53. The van der Waals surface area contributed by atoms with E-state index in [9.17, 15) is 15.4 Å². The number of nitriles is 1. The van der Waals surface area contributed by atoms with E-state index < -0.39 is 4.92 Å². The maximum absolute atomic E-state index is 11.1. The molecule has 7 heteroatoms. The molecule has 122 valence electrons. The molecule has 1 aromatic heterocycles. The van der Waals surface area contributed by atoms with Gasteiger partial charge in [0.05, 0.1) is 17.6 Å². The van der Waals surface area contributed by atoms with Gasteiger partial charge in [-0.3, -0.25) is 10.1 Å². The molecule has 0 unspecified atom stereocenters. The van der Waals surface area contributed by atoms with Gasteiger partial charge in [0, 0.05) is 17.2 Å². The normalized spacial score (nSPS) is 13.5. The Hall–Kier alpha value is -2.72. The van der Waals surface area contributed by atoms with E-state index in [1.807, 2.05) is 0 Å². The van der Waals surface area contributed by atoms with Crippen LogP contribution in [-0.4, -0.2) is 18.2 Å². The van der Waals surface area contributed by atoms with Crippen LogP contribution in [0.15, 0.2) is 23.2 Å². The summed E-state index contributed by atoms with van der Waals surface area (Å²) in [5.74, 6) is 0.210. The maximum atomic E-state index is 11.1. The lowest BCUT2D eigenvalue weighted by Gasteiger charge is -2.09. The minimum atomic E-state index is -0.485. The molecule has 0 N–H and O–H groups in total. The number of ether oxygens (including phenoxy) is 1. The Morgan fingerprint density at radius 2 is 2.21 bits per heavy atom. The van der Waals surface area contributed by atoms with Crippen LogP contribution in [0.4, 0.5) is 10.7 Å². The van der Waals surface area contributed by atoms with Gasteiger partial charge >= 0.3 is 5.69 Å². The molecule has 0 bridgehead atoms. The number of benzene rings is 1. The standard InChI is InChI=1S/C17H15N3O3S/c1-23-15-7-6-11(8-14(15)20(21)22)10-19-17-13(9-18)12-4-2-3-5-16(12)24-17/h6-8,10H,2-5H2,1H3. The number of fused-ring (bicyclic) bond motifs is 1. The third-order valence-electron chi connectivity index (χ3n) is 4.00. The Balaban J connectivity index is 1.94. The van der Waals surface area contributed by atoms with E-state index in [2.05, 4.69) is 11.1 Å². The molecule has 1 aliphatic carbocycles. The number of hydrogen-bond donors (Lipinski definition) is 0. The van der Waals surface area contributed by atoms with Crippen molar-refractivity contribution >= 4 is 28.2 Å². The molecule has 2 aromatic rings. The smallest absolute Gasteiger partial charge is 0.311 e. The summed E-state index contributed by atoms with van der Waals surface area (Å²) in [6.07, 6.45) is 5.74. The Labute approximate surface area is 143 Å². The van der Waals surface area contributed by atoms with Gasteiger partial charge in [0.25, 0.3) is 0 Å². The lowest BCUT2D eigenvalue weighted by molar-refractivity contribution is -0.385. The number of aryl methyl sites for hydroxylation is 1. The Morgan fingerprint density at radius 1 is 1.42 bits per heavy atom. The zero-order valence-electron chi connectivity index (χ0n) is 13.1. The van der Waals surface area contributed by atoms with Crippen LogP contribution in [0.25, 0.3) is 0 Å². The molecule has 0 saturated heterocycles. The predicted octanol–water partition coefficient (Wildman–Crippen LogP) is 4.17. The third kappa shape index (κ3) is 3.01. The summed E-state index contributed by atoms with van der Waals surface area (Å²) in [4.78, 5) is 16.3. The predicted molar refractivity (Wildman–Crippen MR) is 92.6 cm³/mol. The summed E-state index contributed by atoms with van der Waals surface area (Å²) < 4.78 is 4.99. The fourth-order valence-electron chi connectivity index (χ4n) is 2.82. The van der Waals surface area contributed by atoms with Crippen LogP contribution in [0.1, 0.15) is 34.4 Å². The second-order valence-electron chi connectivity index (χ2n) is 5.45. The van der Waals surface area contributed by atoms with Gasteiger partial charge in [-0.15, -0.1) is 11.3 Å². The first kappa shape index (κ1) is 16.1. The maximum Gasteiger partial charge on any atom is 0.311 e. The number of aliphatic imine (C=N–C) groups is 1. The summed E-state index contributed by atoms with van der Waals surface area (Å²) in [6.45, 7) is 0. The van der Waals surface area contributed by atoms with Gasteiger partial charge in [-0.25, -0.2) is 4.99 Å². The second kappa shape index (κ2) is 6.81. The number of hydrogen-bond acceptors (Lipinski definition) is 6. The topological polar surface area (TPSA) is 88.5 Å². The average molecular weight is 341 g/mol. The highest BCUT2D eigenvalue weighted by Crippen LogP contribution is 2.39. The fraction of sp³-hybridized carbons (Fsp3) is 0.294. The molecule has 0 atom stereocenters. The van der Waals surface area contributed by atoms with Gasteiger partial charge in [0.15, 0.2) is 5.75 Å². The third-order valence-corrected chi connectivity index (χ3v) is 5.19. The number of nitro groups is 1. The zero-order chi connectivity index (χ0) is 17.1. The number of rotatable bonds is 4. The van der Waals surface area contributed by atoms with E-state index in [1.165, 1.54) is 18.1 Å². The molecule has 0 amide bonds. The van der Waals surface area contributed by atoms with E-state index in [1.54, 1.807) is 29.7 Å². The van der Waals surface area contributed by atoms with Crippen molar-refractivity contribution in [3.05, 3.63) is 49.9 Å². The molecule has 1 aromatic carbocycles. The van der Waals surface area contributed by atoms with Crippen LogP contribution in [0, 0.1) is 21.4 Å². The van der Waals surface area contributed by atoms with E-state index >= 15 is 0 Å². The summed E-state index contributed by atoms with van der Waals surface area (Å²) >= 11 is 1.54. The number of thiophene rings is 1. The van der Waals surface area contributed by atoms with Crippen molar-refractivity contribution < 1.29 is 9.66 Å². The first-order chi connectivity index (χ1) is 11.6. The van der Waals surface area contributed by atoms with Crippen molar-refractivity contribution in [3.8, 4) is 11.8 Å². The first-order valence-corrected chi connectivity index (χ1v) is 8.37. The number of nitrogens with zero attached hydrogens (tertiary/aromatic N) is 3. The highest BCUT2D eigenvalue weighted by molar-refractivity contribution is 7.16. The van der Waals surface area contributed by atoms with Gasteiger partial charge in [-0.1, -0.05) is 0 Å². The molecule has 24 heavy (non-hydrogen) atoms. The molecule has 0 spiro atoms. The molecule has 0 radical (unpaired) electrons. The Morgan fingerprint density at radius 3 is 2.92 bits per heavy atom. The van der Waals surface area contributed by atoms with Crippen LogP contribution < -0.4 is 4.74 Å². The van der Waals surface area contributed by atoms with Gasteiger partial charge in [-0.05, 0) is 48.9 Å². The molecule has 0 aliphatic heterocycles. The quantitative estimate of drug-likeness (QED) is 0.474. The average Bonchev–Trinajstić information content (AvgIpc) is 2.97. The Kier molecular flexibility index (Phi) is 4.58. The zero-order valence-corrected chi connectivity index (χ0v) is 13.9. The van der Waals surface area contributed by atoms with Crippen molar-refractivity contribution in [2.24, 2.45) is 4.99 Å². The Bertz CT molecular complexity index is 865. The summed E-state index contributed by atoms with van der Waals surface area (Å²) in [5, 5.41) is 21.2. The van der Waals surface area contributed by atoms with E-state index in [4.69, 9.17) is 4.74 Å². The molecule has 0 fully saturated rings. The van der Waals surface area contributed by atoms with Crippen LogP contribution in [0.3, 0.4) is 0 Å². The first-order valence-electron chi connectivity index (χ1n) is 7.55. The molecule has 0 saturated carbocycles. The van der Waals surface area contributed by atoms with Crippen LogP contribution >= 0.6 is 11.3 Å². The highest BCUT2D eigenvalue weighted by atomic mass is 32.1. The summed E-state index contributed by atoms with van der Waals surface area (Å²) in [6, 6.07) is 6.92. The van der Waals surface area contributed by atoms with Crippen molar-refractivity contribution in [1.29, 1.82) is 5.26 Å². The number of nitro benzene ring substituents is 1. The molecular formula is C17H15N3O3S. The van der Waals surface area contributed by atoms with Crippen molar-refractivity contribution in [2.75, 3.05) is 7.11 Å². The lowest BCUT2D eigenvalue weighted by Crippen LogP contribution is -1.99. The van der Waals surface area contributed by atoms with E-state index in [0.717, 1.165) is 31.2 Å². The SMILES string of the molecule is COc1ccc(C=Nc2sc3c(c2C#N)CCCC3)cc1[N+](=O)[O-]. The van der Waals surface area contributed by atoms with Crippen molar-refractivity contribution in [3.63, 3.8) is 0 Å². The summed E-state index contributed by atoms with van der Waals surface area (Å²) in [7, 11) is 1.39. The van der Waals surface area contributed by atoms with Gasteiger partial charge in [0.1, 0.15) is 11.1 Å². The van der Waals surface area contributed by atoms with Gasteiger partial charge in [0.2, 0.25) is 0 Å². The fourth-order valence-corrected chi connectivity index (χ4v) is 4.00. The van der Waals surface area contributed by atoms with Gasteiger partial charge < -0.3 is 4.74 Å². The molecular weight excluding hydrogens is 326 g/mol. The van der Waals surface area contributed by atoms with Crippen LogP contribution in [0.2, 0.25) is 0 Å². The number of methoxy groups -OCH3 is 1. The van der Waals surface area contributed by atoms with Crippen molar-refractivity contribution in [1.82, 2.24) is 0 Å². The highest BCUT2D eigenvalue weighted by Gasteiger charge is 2.20. The van der Waals surface area contributed by atoms with E-state index in [-0.39, 0.29) is 11.4 Å². The molecule has 6 nitrogen and oxygen atoms in total. The lowest BCUT2D eigenvalue weighted by atomic mass is 9.96. The van der Waals surface area contributed by atoms with Crippen molar-refractivity contribution in [2.45, 2.75) is 25.7 Å². The molecule has 1 heterocycles. The van der Waals surface area contributed by atoms with Crippen LogP contribution in [-0.2, 0) is 12.8 Å². The monoisotopic (exact) mass is 341 g/mol. The minimum Gasteiger partial charge on any atom is -0.490 e. The largest absolute Gasteiger partial charge is 0.490 e.